The van der Waals surface area contributed by atoms with Crippen molar-refractivity contribution in [2.24, 2.45) is 5.11 Å². The van der Waals surface area contributed by atoms with Gasteiger partial charge < -0.3 is 29.5 Å². The number of carboxylic acids is 1. The van der Waals surface area contributed by atoms with E-state index >= 15 is 0 Å². The summed E-state index contributed by atoms with van der Waals surface area (Å²) in [5.74, 6) is -1.33. The summed E-state index contributed by atoms with van der Waals surface area (Å²) in [7, 11) is -2.21. The first-order valence-corrected chi connectivity index (χ1v) is 20.4. The Bertz CT molecular complexity index is 1820. The van der Waals surface area contributed by atoms with E-state index in [2.05, 4.69) is 74.3 Å². The molecule has 0 saturated carbocycles. The molecule has 6 rings (SSSR count). The van der Waals surface area contributed by atoms with Crippen LogP contribution in [0, 0.1) is 0 Å². The number of carbonyl (C=O) groups excluding carboxylic acids is 1. The van der Waals surface area contributed by atoms with Crippen LogP contribution in [0.5, 0.6) is 0 Å². The van der Waals surface area contributed by atoms with Gasteiger partial charge in [0, 0.05) is 54.5 Å². The minimum atomic E-state index is -2.21. The van der Waals surface area contributed by atoms with Crippen LogP contribution in [0.15, 0.2) is 70.5 Å². The highest BCUT2D eigenvalue weighted by atomic mass is 28.3. The second-order valence-corrected chi connectivity index (χ2v) is 17.6. The van der Waals surface area contributed by atoms with E-state index in [0.717, 1.165) is 42.9 Å². The molecule has 2 aromatic carbocycles. The number of fused-ring (bicyclic) bond motifs is 2. The molecule has 3 heterocycles. The topological polar surface area (TPSA) is 149 Å². The number of allylic oxidation sites excluding steroid dienone is 5. The van der Waals surface area contributed by atoms with Crippen LogP contribution in [0.3, 0.4) is 0 Å². The average molecular weight is 698 g/mol. The number of nitrogens with one attached hydrogen (secondary N) is 1. The summed E-state index contributed by atoms with van der Waals surface area (Å²) in [5.41, 5.74) is 14.7. The van der Waals surface area contributed by atoms with Gasteiger partial charge in [0.1, 0.15) is 21.2 Å². The molecule has 12 nitrogen and oxygen atoms in total. The van der Waals surface area contributed by atoms with Gasteiger partial charge >= 0.3 is 5.97 Å². The molecule has 3 aliphatic heterocycles. The van der Waals surface area contributed by atoms with Crippen molar-refractivity contribution in [1.82, 2.24) is 5.32 Å². The predicted molar refractivity (Wildman–Crippen MR) is 195 cm³/mol. The molecule has 0 radical (unpaired) electrons. The van der Waals surface area contributed by atoms with Crippen molar-refractivity contribution in [1.29, 1.82) is 0 Å². The number of rotatable bonds is 16. The maximum atomic E-state index is 13.4. The molecule has 1 amide bonds. The maximum Gasteiger partial charge on any atom is 0.336 e. The Kier molecular flexibility index (Phi) is 11.3. The fraction of sp³-hybridized carbons (Fsp3) is 0.432. The van der Waals surface area contributed by atoms with Gasteiger partial charge in [-0.25, -0.2) is 9.37 Å². The zero-order valence-electron chi connectivity index (χ0n) is 28.8. The lowest BCUT2D eigenvalue weighted by atomic mass is 9.86. The van der Waals surface area contributed by atoms with E-state index in [9.17, 15) is 14.7 Å². The van der Waals surface area contributed by atoms with E-state index in [4.69, 9.17) is 19.7 Å². The monoisotopic (exact) mass is 697 g/mol. The van der Waals surface area contributed by atoms with Gasteiger partial charge in [0.15, 0.2) is 5.71 Å². The Labute approximate surface area is 293 Å². The highest BCUT2D eigenvalue weighted by molar-refractivity contribution is 6.98. The number of hydrogen-bond acceptors (Lipinski definition) is 7. The summed E-state index contributed by atoms with van der Waals surface area (Å²) in [5, 5.41) is 19.3. The molecule has 262 valence electrons. The summed E-state index contributed by atoms with van der Waals surface area (Å²) in [6.45, 7) is 11.7. The molecule has 0 aromatic heterocycles. The zero-order chi connectivity index (χ0) is 35.1. The van der Waals surface area contributed by atoms with E-state index in [1.54, 1.807) is 18.2 Å². The Balaban J connectivity index is 1.21. The van der Waals surface area contributed by atoms with Crippen LogP contribution in [0.2, 0.25) is 13.1 Å². The quantitative estimate of drug-likeness (QED) is 0.0663. The molecule has 50 heavy (non-hydrogen) atoms. The van der Waals surface area contributed by atoms with Crippen LogP contribution in [-0.4, -0.2) is 114 Å². The van der Waals surface area contributed by atoms with Crippen LogP contribution < -0.4 is 15.4 Å². The summed E-state index contributed by atoms with van der Waals surface area (Å²) in [6, 6.07) is 11.5. The van der Waals surface area contributed by atoms with Crippen molar-refractivity contribution in [3.63, 3.8) is 0 Å². The van der Waals surface area contributed by atoms with Crippen molar-refractivity contribution in [2.45, 2.75) is 25.9 Å². The molecule has 0 bridgehead atoms. The van der Waals surface area contributed by atoms with Crippen LogP contribution in [-0.2, 0) is 14.2 Å². The standard InChI is InChI=1S/C37H44N6O6Si/c1-50(2)33-24-27(42-13-3-14-42)6-9-30(33)35(31-10-7-28(25-34(31)50)43-15-4-16-43)32-23-26(5-8-29(32)37(45)46)36(44)39-11-17-47-19-21-49-22-20-48-18-12-40-41-38/h5-10,23-25H,3-4,11-22H2,1-2H3,(H-,39,44,45,46)/p+1. The minimum Gasteiger partial charge on any atom is -0.478 e. The lowest BCUT2D eigenvalue weighted by Crippen LogP contribution is -2.50. The fourth-order valence-corrected chi connectivity index (χ4v) is 9.84. The Hall–Kier alpha value is -4.52. The molecule has 13 heteroatoms. The molecule has 0 unspecified atom stereocenters. The molecule has 2 aromatic rings. The minimum absolute atomic E-state index is 0.165. The smallest absolute Gasteiger partial charge is 0.336 e. The third-order valence-electron chi connectivity index (χ3n) is 9.79. The van der Waals surface area contributed by atoms with Crippen molar-refractivity contribution in [2.75, 3.05) is 83.8 Å². The van der Waals surface area contributed by atoms with Crippen LogP contribution in [0.25, 0.3) is 16.0 Å². The maximum absolute atomic E-state index is 13.4. The molecule has 0 spiro atoms. The third-order valence-corrected chi connectivity index (χ3v) is 13.3. The predicted octanol–water partition coefficient (Wildman–Crippen LogP) is 4.31. The molecule has 2 saturated heterocycles. The summed E-state index contributed by atoms with van der Waals surface area (Å²) in [4.78, 5) is 31.2. The Morgan fingerprint density at radius 1 is 0.960 bits per heavy atom. The average Bonchev–Trinajstić information content (AvgIpc) is 3.05. The van der Waals surface area contributed by atoms with Crippen molar-refractivity contribution in [3.8, 4) is 0 Å². The second kappa shape index (κ2) is 16.0. The first kappa shape index (κ1) is 35.3. The molecule has 0 atom stereocenters. The van der Waals surface area contributed by atoms with Gasteiger partial charge in [-0.1, -0.05) is 24.3 Å². The molecule has 2 N–H and O–H groups in total. The lowest BCUT2D eigenvalue weighted by molar-refractivity contribution is -0.582. The van der Waals surface area contributed by atoms with Crippen molar-refractivity contribution < 1.29 is 33.5 Å². The highest BCUT2D eigenvalue weighted by Gasteiger charge is 2.42. The van der Waals surface area contributed by atoms with E-state index in [0.29, 0.717) is 50.8 Å². The third kappa shape index (κ3) is 7.62. The first-order chi connectivity index (χ1) is 24.3. The van der Waals surface area contributed by atoms with Crippen LogP contribution in [0.4, 0.5) is 5.69 Å². The number of carboxylic acid groups (broad SMARTS) is 1. The summed E-state index contributed by atoms with van der Waals surface area (Å²) < 4.78 is 18.7. The SMILES string of the molecule is C[Si]1(C)C2=CC(=[N+]3CCC3)C=CC2=C(c2cc(C(=O)NCCOCCOCCOCCN=[N+]=[N-])ccc2C(=O)O)c2ccc(N3CCC3)cc21. The number of aromatic carboxylic acids is 1. The van der Waals surface area contributed by atoms with Gasteiger partial charge in [-0.15, -0.1) is 0 Å². The number of ether oxygens (including phenoxy) is 3. The summed E-state index contributed by atoms with van der Waals surface area (Å²) >= 11 is 0. The van der Waals surface area contributed by atoms with E-state index in [1.807, 2.05) is 0 Å². The number of azide groups is 1. The number of benzene rings is 2. The van der Waals surface area contributed by atoms with Gasteiger partial charge in [0.05, 0.1) is 51.6 Å². The largest absolute Gasteiger partial charge is 0.478 e. The number of anilines is 1. The normalized spacial score (nSPS) is 17.2. The second-order valence-electron chi connectivity index (χ2n) is 13.3. The van der Waals surface area contributed by atoms with E-state index < -0.39 is 14.0 Å². The van der Waals surface area contributed by atoms with Crippen molar-refractivity contribution in [3.05, 3.63) is 98.1 Å². The van der Waals surface area contributed by atoms with Gasteiger partial charge in [-0.05, 0) is 81.0 Å². The fourth-order valence-electron chi connectivity index (χ4n) is 6.77. The number of nitrogens with zero attached hydrogens (tertiary/aromatic N) is 5. The molecule has 4 aliphatic rings. The van der Waals surface area contributed by atoms with Gasteiger partial charge in [0.25, 0.3) is 5.91 Å². The molecule has 2 fully saturated rings. The molecular weight excluding hydrogens is 653 g/mol. The molecule has 1 aliphatic carbocycles. The van der Waals surface area contributed by atoms with E-state index in [-0.39, 0.29) is 24.6 Å². The lowest BCUT2D eigenvalue weighted by Gasteiger charge is -2.40. The van der Waals surface area contributed by atoms with Gasteiger partial charge in [-0.2, -0.15) is 0 Å². The Morgan fingerprint density at radius 2 is 1.70 bits per heavy atom. The van der Waals surface area contributed by atoms with Crippen LogP contribution >= 0.6 is 0 Å². The number of hydrogen-bond donors (Lipinski definition) is 2. The summed E-state index contributed by atoms with van der Waals surface area (Å²) in [6.07, 6.45) is 9.04. The van der Waals surface area contributed by atoms with Crippen LogP contribution in [0.1, 0.15) is 44.7 Å². The molecular formula is C37H45N6O6Si+. The van der Waals surface area contributed by atoms with Gasteiger partial charge in [-0.3, -0.25) is 4.79 Å². The zero-order valence-corrected chi connectivity index (χ0v) is 29.8. The van der Waals surface area contributed by atoms with Crippen molar-refractivity contribution >= 4 is 42.1 Å². The number of amides is 1. The highest BCUT2D eigenvalue weighted by Crippen LogP contribution is 2.43. The Morgan fingerprint density at radius 3 is 2.36 bits per heavy atom. The number of carbonyl (C=O) groups is 2. The first-order valence-electron chi connectivity index (χ1n) is 17.4. The van der Waals surface area contributed by atoms with Gasteiger partial charge in [0.2, 0.25) is 0 Å². The van der Waals surface area contributed by atoms with E-state index in [1.165, 1.54) is 34.6 Å².